The Morgan fingerprint density at radius 2 is 2.18 bits per heavy atom. The van der Waals surface area contributed by atoms with Crippen molar-refractivity contribution >= 4 is 35.4 Å². The molecule has 1 amide bonds. The molecule has 1 N–H and O–H groups in total. The molecular weight excluding hydrogens is 301 g/mol. The van der Waals surface area contributed by atoms with Crippen LogP contribution in [-0.2, 0) is 9.59 Å². The molecule has 1 fully saturated rings. The van der Waals surface area contributed by atoms with Gasteiger partial charge in [0.15, 0.2) is 0 Å². The number of nitrogens with zero attached hydrogens (tertiary/aromatic N) is 1. The van der Waals surface area contributed by atoms with Crippen molar-refractivity contribution in [3.05, 3.63) is 0 Å². The Hall–Kier alpha value is -0.152. The number of hydrogen-bond acceptors (Lipinski definition) is 3. The van der Waals surface area contributed by atoms with Crippen molar-refractivity contribution in [3.63, 3.8) is 0 Å². The van der Waals surface area contributed by atoms with Gasteiger partial charge in [-0.1, -0.05) is 0 Å². The van der Waals surface area contributed by atoms with Crippen LogP contribution in [0.3, 0.4) is 0 Å². The molecule has 0 aliphatic carbocycles. The Morgan fingerprint density at radius 3 is 2.71 bits per heavy atom. The van der Waals surface area contributed by atoms with Crippen LogP contribution >= 0.6 is 10.0 Å². The van der Waals surface area contributed by atoms with Crippen LogP contribution in [-0.4, -0.2) is 53.7 Å². The molecule has 0 bridgehead atoms. The van der Waals surface area contributed by atoms with Crippen LogP contribution < -0.4 is 0 Å². The SMILES string of the molecule is C[C@@H](CS[As](C)C)C(=O)N1CCC[C@H]1C(=O)O. The summed E-state index contributed by atoms with van der Waals surface area (Å²) >= 11 is -0.768. The van der Waals surface area contributed by atoms with Gasteiger partial charge in [0.05, 0.1) is 0 Å². The summed E-state index contributed by atoms with van der Waals surface area (Å²) in [6.07, 6.45) is 1.41. The number of carbonyl (C=O) groups excluding carboxylic acids is 1. The third-order valence-corrected chi connectivity index (χ3v) is 8.18. The van der Waals surface area contributed by atoms with E-state index < -0.39 is 25.5 Å². The number of carbonyl (C=O) groups is 2. The van der Waals surface area contributed by atoms with Gasteiger partial charge in [0.1, 0.15) is 0 Å². The molecule has 0 unspecified atom stereocenters. The van der Waals surface area contributed by atoms with Gasteiger partial charge < -0.3 is 0 Å². The van der Waals surface area contributed by atoms with Crippen LogP contribution in [0.15, 0.2) is 0 Å². The van der Waals surface area contributed by atoms with Gasteiger partial charge in [0.25, 0.3) is 0 Å². The quantitative estimate of drug-likeness (QED) is 0.783. The predicted octanol–water partition coefficient (Wildman–Crippen LogP) is 1.68. The second-order valence-corrected chi connectivity index (χ2v) is 14.0. The zero-order valence-corrected chi connectivity index (χ0v) is 13.2. The van der Waals surface area contributed by atoms with Crippen molar-refractivity contribution < 1.29 is 14.7 Å². The second kappa shape index (κ2) is 6.69. The molecule has 0 saturated carbocycles. The fraction of sp³-hybridized carbons (Fsp3) is 0.818. The number of amides is 1. The van der Waals surface area contributed by atoms with Crippen molar-refractivity contribution in [2.24, 2.45) is 5.92 Å². The van der Waals surface area contributed by atoms with E-state index in [2.05, 4.69) is 11.4 Å². The standard InChI is InChI=1S/C11H20AsNO3S/c1-8(7-17-12(2)3)10(14)13-6-4-5-9(13)11(15)16/h8-9H,4-7H2,1-3H3,(H,15,16)/t8-,9-/m0/s1. The van der Waals surface area contributed by atoms with E-state index >= 15 is 0 Å². The maximum absolute atomic E-state index is 12.1. The third-order valence-electron chi connectivity index (χ3n) is 2.83. The van der Waals surface area contributed by atoms with Gasteiger partial charge in [0.2, 0.25) is 0 Å². The van der Waals surface area contributed by atoms with Gasteiger partial charge in [-0.3, -0.25) is 0 Å². The minimum atomic E-state index is -0.866. The Morgan fingerprint density at radius 1 is 1.53 bits per heavy atom. The normalized spacial score (nSPS) is 21.9. The van der Waals surface area contributed by atoms with Gasteiger partial charge in [-0.25, -0.2) is 0 Å². The first-order valence-corrected chi connectivity index (χ1v) is 12.8. The van der Waals surface area contributed by atoms with E-state index in [1.54, 1.807) is 4.90 Å². The number of carboxylic acids is 1. The molecule has 0 spiro atoms. The topological polar surface area (TPSA) is 57.6 Å². The van der Waals surface area contributed by atoms with Gasteiger partial charge in [0, 0.05) is 0 Å². The van der Waals surface area contributed by atoms with Gasteiger partial charge in [-0.05, 0) is 0 Å². The van der Waals surface area contributed by atoms with E-state index in [1.807, 2.05) is 16.9 Å². The fourth-order valence-electron chi connectivity index (χ4n) is 1.90. The van der Waals surface area contributed by atoms with Crippen molar-refractivity contribution in [3.8, 4) is 0 Å². The molecule has 98 valence electrons. The van der Waals surface area contributed by atoms with Crippen LogP contribution in [0.25, 0.3) is 0 Å². The van der Waals surface area contributed by atoms with E-state index in [1.165, 1.54) is 0 Å². The Labute approximate surface area is 110 Å². The van der Waals surface area contributed by atoms with E-state index in [9.17, 15) is 9.59 Å². The summed E-state index contributed by atoms with van der Waals surface area (Å²) in [5.41, 5.74) is 4.48. The molecule has 0 radical (unpaired) electrons. The predicted molar refractivity (Wildman–Crippen MR) is 71.5 cm³/mol. The monoisotopic (exact) mass is 321 g/mol. The molecular formula is C11H20AsNO3S. The summed E-state index contributed by atoms with van der Waals surface area (Å²) in [6.45, 7) is 2.51. The van der Waals surface area contributed by atoms with E-state index in [0.29, 0.717) is 13.0 Å². The first kappa shape index (κ1) is 14.9. The molecule has 1 heterocycles. The molecule has 0 aromatic rings. The average Bonchev–Trinajstić information content (AvgIpc) is 2.73. The number of carboxylic acid groups (broad SMARTS) is 1. The summed E-state index contributed by atoms with van der Waals surface area (Å²) < 4.78 is 0. The van der Waals surface area contributed by atoms with E-state index in [4.69, 9.17) is 5.11 Å². The Bertz CT molecular complexity index is 298. The molecule has 6 heteroatoms. The van der Waals surface area contributed by atoms with Crippen LogP contribution in [0.5, 0.6) is 0 Å². The van der Waals surface area contributed by atoms with Crippen LogP contribution in [0.1, 0.15) is 19.8 Å². The summed E-state index contributed by atoms with van der Waals surface area (Å²) in [6, 6.07) is -0.591. The fourth-order valence-corrected chi connectivity index (χ4v) is 5.85. The molecule has 17 heavy (non-hydrogen) atoms. The molecule has 0 aromatic carbocycles. The van der Waals surface area contributed by atoms with Gasteiger partial charge in [-0.2, -0.15) is 0 Å². The van der Waals surface area contributed by atoms with Crippen molar-refractivity contribution in [1.29, 1.82) is 0 Å². The van der Waals surface area contributed by atoms with Gasteiger partial charge in [-0.15, -0.1) is 0 Å². The van der Waals surface area contributed by atoms with Crippen LogP contribution in [0.4, 0.5) is 0 Å². The first-order chi connectivity index (χ1) is 7.93. The van der Waals surface area contributed by atoms with Crippen molar-refractivity contribution in [1.82, 2.24) is 4.90 Å². The Kier molecular flexibility index (Phi) is 5.87. The molecule has 1 rings (SSSR count). The summed E-state index contributed by atoms with van der Waals surface area (Å²) in [5, 5.41) is 9.04. The number of aliphatic carboxylic acids is 1. The van der Waals surface area contributed by atoms with Crippen molar-refractivity contribution in [2.45, 2.75) is 37.2 Å². The van der Waals surface area contributed by atoms with Crippen LogP contribution in [0, 0.1) is 5.92 Å². The molecule has 1 aliphatic rings. The summed E-state index contributed by atoms with van der Waals surface area (Å²) in [5.74, 6) is -0.0846. The molecule has 1 aliphatic heterocycles. The zero-order chi connectivity index (χ0) is 13.0. The summed E-state index contributed by atoms with van der Waals surface area (Å²) in [4.78, 5) is 24.7. The molecule has 4 nitrogen and oxygen atoms in total. The number of likely N-dealkylation sites (tertiary alicyclic amines) is 1. The zero-order valence-electron chi connectivity index (χ0n) is 10.5. The average molecular weight is 321 g/mol. The second-order valence-electron chi connectivity index (χ2n) is 4.54. The minimum absolute atomic E-state index is 0.0123. The van der Waals surface area contributed by atoms with Crippen molar-refractivity contribution in [2.75, 3.05) is 12.3 Å². The number of hydrogen-bond donors (Lipinski definition) is 1. The third kappa shape index (κ3) is 4.22. The summed E-state index contributed by atoms with van der Waals surface area (Å²) in [7, 11) is 1.89. The molecule has 0 aromatic heterocycles. The molecule has 1 saturated heterocycles. The Balaban J connectivity index is 2.53. The van der Waals surface area contributed by atoms with Gasteiger partial charge >= 0.3 is 110 Å². The number of rotatable bonds is 5. The van der Waals surface area contributed by atoms with E-state index in [0.717, 1.165) is 12.2 Å². The van der Waals surface area contributed by atoms with E-state index in [-0.39, 0.29) is 11.8 Å². The van der Waals surface area contributed by atoms with Crippen LogP contribution in [0.2, 0.25) is 11.4 Å². The first-order valence-electron chi connectivity index (χ1n) is 5.77. The molecule has 2 atom stereocenters. The maximum atomic E-state index is 12.1.